The number of amides is 1. The molecule has 2 heterocycles. The minimum atomic E-state index is -0.986. The summed E-state index contributed by atoms with van der Waals surface area (Å²) in [6.07, 6.45) is 0.228. The summed E-state index contributed by atoms with van der Waals surface area (Å²) in [7, 11) is 0. The van der Waals surface area contributed by atoms with Gasteiger partial charge in [-0.3, -0.25) is 14.4 Å². The molecule has 5 rings (SSSR count). The Labute approximate surface area is 225 Å². The molecule has 0 spiro atoms. The molecule has 0 saturated carbocycles. The summed E-state index contributed by atoms with van der Waals surface area (Å²) in [6.45, 7) is 0. The van der Waals surface area contributed by atoms with E-state index < -0.39 is 17.8 Å². The number of rotatable bonds is 7. The van der Waals surface area contributed by atoms with Crippen LogP contribution in [0.1, 0.15) is 42.9 Å². The average molecular weight is 576 g/mol. The highest BCUT2D eigenvalue weighted by molar-refractivity contribution is 9.10. The molecular weight excluding hydrogens is 553 g/mol. The molecule has 0 bridgehead atoms. The standard InChI is InChI=1S/C29H23BrFN3O4/c30-19-11-14-22-21(15-19)27(18-5-2-1-3-6-18)28(29(38)32-22)23-16-24(17-9-12-20(31)13-10-17)34(33-23)25(35)7-4-8-26(36)37/h1-3,5-6,9-15,24H,4,7-8,16H2,(H,32,38)(H,36,37)/t24-/m0/s1. The van der Waals surface area contributed by atoms with Crippen molar-refractivity contribution >= 4 is 44.4 Å². The maximum atomic E-state index is 13.7. The first-order chi connectivity index (χ1) is 18.3. The van der Waals surface area contributed by atoms with Gasteiger partial charge in [0, 0.05) is 40.2 Å². The molecule has 1 atom stereocenters. The molecule has 7 nitrogen and oxygen atoms in total. The number of hydrogen-bond acceptors (Lipinski definition) is 4. The maximum Gasteiger partial charge on any atom is 0.303 e. The van der Waals surface area contributed by atoms with E-state index in [0.29, 0.717) is 27.9 Å². The van der Waals surface area contributed by atoms with Gasteiger partial charge in [-0.1, -0.05) is 58.4 Å². The zero-order valence-corrected chi connectivity index (χ0v) is 21.7. The molecule has 0 unspecified atom stereocenters. The summed E-state index contributed by atoms with van der Waals surface area (Å²) >= 11 is 3.53. The van der Waals surface area contributed by atoms with Crippen molar-refractivity contribution in [2.24, 2.45) is 5.10 Å². The summed E-state index contributed by atoms with van der Waals surface area (Å²) < 4.78 is 14.5. The molecule has 0 saturated heterocycles. The van der Waals surface area contributed by atoms with Crippen LogP contribution < -0.4 is 5.56 Å². The van der Waals surface area contributed by atoms with E-state index in [-0.39, 0.29) is 37.1 Å². The summed E-state index contributed by atoms with van der Waals surface area (Å²) in [4.78, 5) is 40.7. The number of nitrogens with one attached hydrogen (secondary N) is 1. The second kappa shape index (κ2) is 10.7. The van der Waals surface area contributed by atoms with Crippen molar-refractivity contribution in [3.8, 4) is 11.1 Å². The normalized spacial score (nSPS) is 15.1. The van der Waals surface area contributed by atoms with Crippen molar-refractivity contribution in [2.45, 2.75) is 31.7 Å². The summed E-state index contributed by atoms with van der Waals surface area (Å²) in [5, 5.41) is 15.7. The van der Waals surface area contributed by atoms with Crippen molar-refractivity contribution in [1.82, 2.24) is 9.99 Å². The summed E-state index contributed by atoms with van der Waals surface area (Å²) in [6, 6.07) is 20.4. The Hall–Kier alpha value is -4.11. The molecule has 0 radical (unpaired) electrons. The van der Waals surface area contributed by atoms with Crippen LogP contribution in [0.4, 0.5) is 4.39 Å². The molecule has 0 fully saturated rings. The Bertz CT molecular complexity index is 1620. The monoisotopic (exact) mass is 575 g/mol. The smallest absolute Gasteiger partial charge is 0.303 e. The summed E-state index contributed by atoms with van der Waals surface area (Å²) in [5.74, 6) is -1.76. The van der Waals surface area contributed by atoms with Crippen molar-refractivity contribution in [3.63, 3.8) is 0 Å². The molecular formula is C29H23BrFN3O4. The lowest BCUT2D eigenvalue weighted by Crippen LogP contribution is -2.27. The van der Waals surface area contributed by atoms with Crippen LogP contribution in [0.2, 0.25) is 0 Å². The Morgan fingerprint density at radius 3 is 2.47 bits per heavy atom. The number of fused-ring (bicyclic) bond motifs is 1. The van der Waals surface area contributed by atoms with Crippen LogP contribution in [0.25, 0.3) is 22.0 Å². The number of aliphatic carboxylic acids is 1. The number of nitrogens with zero attached hydrogens (tertiary/aromatic N) is 2. The fraction of sp³-hybridized carbons (Fsp3) is 0.172. The molecule has 9 heteroatoms. The lowest BCUT2D eigenvalue weighted by atomic mass is 9.91. The highest BCUT2D eigenvalue weighted by atomic mass is 79.9. The lowest BCUT2D eigenvalue weighted by Gasteiger charge is -2.22. The molecule has 1 amide bonds. The number of carbonyl (C=O) groups is 2. The number of hydrogen-bond donors (Lipinski definition) is 2. The predicted molar refractivity (Wildman–Crippen MR) is 146 cm³/mol. The van der Waals surface area contributed by atoms with E-state index in [1.807, 2.05) is 48.5 Å². The van der Waals surface area contributed by atoms with E-state index in [1.165, 1.54) is 17.1 Å². The Balaban J connectivity index is 1.66. The molecule has 2 N–H and O–H groups in total. The first-order valence-corrected chi connectivity index (χ1v) is 12.9. The molecule has 38 heavy (non-hydrogen) atoms. The third kappa shape index (κ3) is 5.15. The minimum Gasteiger partial charge on any atom is -0.481 e. The van der Waals surface area contributed by atoms with Gasteiger partial charge in [0.1, 0.15) is 5.82 Å². The average Bonchev–Trinajstić information content (AvgIpc) is 3.34. The van der Waals surface area contributed by atoms with Gasteiger partial charge in [-0.05, 0) is 47.9 Å². The largest absolute Gasteiger partial charge is 0.481 e. The van der Waals surface area contributed by atoms with E-state index >= 15 is 0 Å². The van der Waals surface area contributed by atoms with Gasteiger partial charge < -0.3 is 10.1 Å². The Morgan fingerprint density at radius 1 is 1.03 bits per heavy atom. The van der Waals surface area contributed by atoms with Gasteiger partial charge in [0.05, 0.1) is 17.3 Å². The zero-order valence-electron chi connectivity index (χ0n) is 20.2. The number of aromatic amines is 1. The van der Waals surface area contributed by atoms with E-state index in [0.717, 1.165) is 15.4 Å². The number of pyridine rings is 1. The van der Waals surface area contributed by atoms with E-state index in [1.54, 1.807) is 12.1 Å². The van der Waals surface area contributed by atoms with Crippen molar-refractivity contribution in [1.29, 1.82) is 0 Å². The van der Waals surface area contributed by atoms with Crippen LogP contribution >= 0.6 is 15.9 Å². The third-order valence-electron chi connectivity index (χ3n) is 6.53. The number of aromatic nitrogens is 1. The highest BCUT2D eigenvalue weighted by Gasteiger charge is 2.35. The van der Waals surface area contributed by atoms with Crippen LogP contribution in [0.15, 0.2) is 87.2 Å². The number of benzene rings is 3. The van der Waals surface area contributed by atoms with E-state index in [2.05, 4.69) is 26.0 Å². The van der Waals surface area contributed by atoms with Crippen molar-refractivity contribution < 1.29 is 19.1 Å². The van der Waals surface area contributed by atoms with Crippen LogP contribution in [0.3, 0.4) is 0 Å². The zero-order chi connectivity index (χ0) is 26.8. The third-order valence-corrected chi connectivity index (χ3v) is 7.02. The van der Waals surface area contributed by atoms with E-state index in [4.69, 9.17) is 5.11 Å². The van der Waals surface area contributed by atoms with Gasteiger partial charge in [-0.25, -0.2) is 9.40 Å². The molecule has 192 valence electrons. The van der Waals surface area contributed by atoms with Gasteiger partial charge in [0.15, 0.2) is 0 Å². The molecule has 1 aliphatic heterocycles. The number of carbonyl (C=O) groups excluding carboxylic acids is 1. The van der Waals surface area contributed by atoms with Gasteiger partial charge in [0.2, 0.25) is 5.91 Å². The van der Waals surface area contributed by atoms with Gasteiger partial charge in [0.25, 0.3) is 5.56 Å². The fourth-order valence-corrected chi connectivity index (χ4v) is 5.15. The second-order valence-corrected chi connectivity index (χ2v) is 9.98. The fourth-order valence-electron chi connectivity index (χ4n) is 4.79. The van der Waals surface area contributed by atoms with E-state index in [9.17, 15) is 18.8 Å². The maximum absolute atomic E-state index is 13.7. The first kappa shape index (κ1) is 25.5. The van der Waals surface area contributed by atoms with Gasteiger partial charge in [-0.2, -0.15) is 5.10 Å². The van der Waals surface area contributed by atoms with Crippen molar-refractivity contribution in [3.05, 3.63) is 105 Å². The minimum absolute atomic E-state index is 0.0205. The number of H-pyrrole nitrogens is 1. The van der Waals surface area contributed by atoms with Crippen LogP contribution in [0.5, 0.6) is 0 Å². The highest BCUT2D eigenvalue weighted by Crippen LogP contribution is 2.37. The number of carboxylic acids is 1. The number of hydrazone groups is 1. The van der Waals surface area contributed by atoms with Gasteiger partial charge >= 0.3 is 5.97 Å². The molecule has 1 aromatic heterocycles. The lowest BCUT2D eigenvalue weighted by molar-refractivity contribution is -0.137. The molecule has 3 aromatic carbocycles. The van der Waals surface area contributed by atoms with Crippen LogP contribution in [-0.2, 0) is 9.59 Å². The van der Waals surface area contributed by atoms with Crippen LogP contribution in [-0.4, -0.2) is 32.7 Å². The quantitative estimate of drug-likeness (QED) is 0.281. The Morgan fingerprint density at radius 2 is 1.76 bits per heavy atom. The van der Waals surface area contributed by atoms with Crippen LogP contribution in [0, 0.1) is 5.82 Å². The SMILES string of the molecule is O=C(O)CCCC(=O)N1N=C(c2c(-c3ccccc3)c3cc(Br)ccc3[nH]c2=O)C[C@H]1c1ccc(F)cc1. The predicted octanol–water partition coefficient (Wildman–Crippen LogP) is 6.03. The topological polar surface area (TPSA) is 103 Å². The first-order valence-electron chi connectivity index (χ1n) is 12.1. The van der Waals surface area contributed by atoms with Gasteiger partial charge in [-0.15, -0.1) is 0 Å². The Kier molecular flexibility index (Phi) is 7.20. The summed E-state index contributed by atoms with van der Waals surface area (Å²) in [5.41, 5.74) is 3.29. The molecule has 0 aliphatic carbocycles. The molecule has 4 aromatic rings. The number of carboxylic acid groups (broad SMARTS) is 1. The second-order valence-electron chi connectivity index (χ2n) is 9.06. The number of halogens is 2. The van der Waals surface area contributed by atoms with Crippen molar-refractivity contribution in [2.75, 3.05) is 0 Å². The molecule has 1 aliphatic rings.